The molecule has 1 aromatic rings. The molecule has 0 aromatic heterocycles. The van der Waals surface area contributed by atoms with Gasteiger partial charge < -0.3 is 14.8 Å². The van der Waals surface area contributed by atoms with E-state index in [1.807, 2.05) is 12.1 Å². The summed E-state index contributed by atoms with van der Waals surface area (Å²) in [6.07, 6.45) is 4.57. The van der Waals surface area contributed by atoms with E-state index >= 15 is 0 Å². The molecule has 1 unspecified atom stereocenters. The van der Waals surface area contributed by atoms with E-state index in [0.717, 1.165) is 57.7 Å². The number of benzene rings is 1. The van der Waals surface area contributed by atoms with Gasteiger partial charge in [-0.2, -0.15) is 0 Å². The molecule has 138 valence electrons. The third-order valence-corrected chi connectivity index (χ3v) is 5.22. The van der Waals surface area contributed by atoms with Gasteiger partial charge in [-0.3, -0.25) is 4.90 Å². The van der Waals surface area contributed by atoms with Gasteiger partial charge in [0.2, 0.25) is 0 Å². The monoisotopic (exact) mass is 376 g/mol. The van der Waals surface area contributed by atoms with Gasteiger partial charge in [0, 0.05) is 24.8 Å². The van der Waals surface area contributed by atoms with Crippen LogP contribution >= 0.6 is 24.8 Å². The Balaban J connectivity index is 0.00000144. The van der Waals surface area contributed by atoms with Gasteiger partial charge in [-0.1, -0.05) is 18.2 Å². The van der Waals surface area contributed by atoms with Gasteiger partial charge in [-0.15, -0.1) is 24.8 Å². The van der Waals surface area contributed by atoms with Crippen LogP contribution in [0, 0.1) is 0 Å². The predicted octanol–water partition coefficient (Wildman–Crippen LogP) is 3.27. The van der Waals surface area contributed by atoms with Crippen molar-refractivity contribution in [3.8, 4) is 5.75 Å². The maximum atomic E-state index is 6.19. The molecule has 1 N–H and O–H groups in total. The first kappa shape index (κ1) is 21.5. The molecule has 1 atom stereocenters. The molecule has 0 radical (unpaired) electrons. The normalized spacial score (nSPS) is 22.5. The molecule has 0 bridgehead atoms. The summed E-state index contributed by atoms with van der Waals surface area (Å²) >= 11 is 0. The second kappa shape index (κ2) is 9.83. The molecule has 1 spiro atoms. The van der Waals surface area contributed by atoms with Crippen LogP contribution in [0.1, 0.15) is 31.2 Å². The highest BCUT2D eigenvalue weighted by Crippen LogP contribution is 2.35. The molecule has 2 aliphatic rings. The van der Waals surface area contributed by atoms with Crippen molar-refractivity contribution in [1.82, 2.24) is 10.2 Å². The molecule has 0 amide bonds. The zero-order valence-electron chi connectivity index (χ0n) is 14.6. The summed E-state index contributed by atoms with van der Waals surface area (Å²) in [7, 11) is 3.98. The summed E-state index contributed by atoms with van der Waals surface area (Å²) in [5.41, 5.74) is 1.38. The molecule has 3 rings (SSSR count). The maximum Gasteiger partial charge on any atom is 0.123 e. The van der Waals surface area contributed by atoms with Gasteiger partial charge in [0.25, 0.3) is 0 Å². The first-order valence-electron chi connectivity index (χ1n) is 8.39. The van der Waals surface area contributed by atoms with Crippen LogP contribution in [0.5, 0.6) is 5.75 Å². The molecule has 0 aliphatic carbocycles. The highest BCUT2D eigenvalue weighted by molar-refractivity contribution is 5.85. The third-order valence-electron chi connectivity index (χ3n) is 5.22. The average Bonchev–Trinajstić information content (AvgIpc) is 2.56. The van der Waals surface area contributed by atoms with Crippen LogP contribution in [0.4, 0.5) is 0 Å². The van der Waals surface area contributed by atoms with E-state index < -0.39 is 0 Å². The largest absolute Gasteiger partial charge is 0.496 e. The lowest BCUT2D eigenvalue weighted by Gasteiger charge is -2.46. The molecule has 6 heteroatoms. The van der Waals surface area contributed by atoms with Crippen molar-refractivity contribution in [3.05, 3.63) is 29.8 Å². The van der Waals surface area contributed by atoms with Crippen molar-refractivity contribution in [1.29, 1.82) is 0 Å². The molecule has 2 fully saturated rings. The van der Waals surface area contributed by atoms with Crippen molar-refractivity contribution < 1.29 is 9.47 Å². The number of ether oxygens (including phenoxy) is 2. The van der Waals surface area contributed by atoms with E-state index in [4.69, 9.17) is 9.47 Å². The summed E-state index contributed by atoms with van der Waals surface area (Å²) in [5.74, 6) is 0.984. The molecular weight excluding hydrogens is 347 g/mol. The minimum atomic E-state index is 0. The van der Waals surface area contributed by atoms with Crippen LogP contribution in [0.3, 0.4) is 0 Å². The van der Waals surface area contributed by atoms with E-state index in [0.29, 0.717) is 6.04 Å². The highest BCUT2D eigenvalue weighted by atomic mass is 35.5. The lowest BCUT2D eigenvalue weighted by Crippen LogP contribution is -2.52. The van der Waals surface area contributed by atoms with Crippen LogP contribution in [0.15, 0.2) is 24.3 Å². The first-order valence-corrected chi connectivity index (χ1v) is 8.39. The Morgan fingerprint density at radius 1 is 1.25 bits per heavy atom. The van der Waals surface area contributed by atoms with E-state index in [2.05, 4.69) is 29.4 Å². The Kier molecular flexibility index (Phi) is 8.82. The molecule has 4 nitrogen and oxygen atoms in total. The summed E-state index contributed by atoms with van der Waals surface area (Å²) in [5, 5.41) is 3.45. The lowest BCUT2D eigenvalue weighted by atomic mass is 9.82. The second-order valence-electron chi connectivity index (χ2n) is 6.66. The first-order chi connectivity index (χ1) is 10.7. The molecule has 2 saturated heterocycles. The Hall–Kier alpha value is -0.520. The quantitative estimate of drug-likeness (QED) is 0.873. The fourth-order valence-electron chi connectivity index (χ4n) is 3.84. The lowest BCUT2D eigenvalue weighted by molar-refractivity contribution is -0.119. The second-order valence-corrected chi connectivity index (χ2v) is 6.66. The van der Waals surface area contributed by atoms with Crippen LogP contribution in [0.2, 0.25) is 0 Å². The summed E-state index contributed by atoms with van der Waals surface area (Å²) in [4.78, 5) is 2.48. The van der Waals surface area contributed by atoms with Crippen molar-refractivity contribution in [2.24, 2.45) is 0 Å². The van der Waals surface area contributed by atoms with Crippen LogP contribution < -0.4 is 10.1 Å². The smallest absolute Gasteiger partial charge is 0.123 e. The van der Waals surface area contributed by atoms with Crippen molar-refractivity contribution >= 4 is 24.8 Å². The standard InChI is InChI=1S/C18H28N2O2.2ClH/c1-20(14-15-5-3-4-6-17(15)21-2)16-7-12-22-18(13-16)8-10-19-11-9-18;;/h3-6,16,19H,7-14H2,1-2H3;2*1H. The van der Waals surface area contributed by atoms with Gasteiger partial charge in [-0.05, 0) is 51.9 Å². The van der Waals surface area contributed by atoms with E-state index in [1.54, 1.807) is 7.11 Å². The predicted molar refractivity (Wildman–Crippen MR) is 103 cm³/mol. The van der Waals surface area contributed by atoms with Crippen LogP contribution in [0.25, 0.3) is 0 Å². The van der Waals surface area contributed by atoms with Crippen molar-refractivity contribution in [3.63, 3.8) is 0 Å². The zero-order valence-corrected chi connectivity index (χ0v) is 16.3. The van der Waals surface area contributed by atoms with E-state index in [1.165, 1.54) is 5.56 Å². The number of hydrogen-bond acceptors (Lipinski definition) is 4. The highest BCUT2D eigenvalue weighted by Gasteiger charge is 2.39. The molecule has 2 heterocycles. The van der Waals surface area contributed by atoms with Crippen molar-refractivity contribution in [2.75, 3.05) is 33.9 Å². The number of rotatable bonds is 4. The van der Waals surface area contributed by atoms with Gasteiger partial charge in [-0.25, -0.2) is 0 Å². The van der Waals surface area contributed by atoms with E-state index in [9.17, 15) is 0 Å². The Morgan fingerprint density at radius 3 is 2.67 bits per heavy atom. The molecule has 0 saturated carbocycles. The Bertz CT molecular complexity index is 490. The molecule has 24 heavy (non-hydrogen) atoms. The summed E-state index contributed by atoms with van der Waals surface area (Å²) < 4.78 is 11.7. The maximum absolute atomic E-state index is 6.19. The number of methoxy groups -OCH3 is 1. The van der Waals surface area contributed by atoms with Gasteiger partial charge in [0.05, 0.1) is 12.7 Å². The van der Waals surface area contributed by atoms with Crippen molar-refractivity contribution in [2.45, 2.75) is 43.9 Å². The summed E-state index contributed by atoms with van der Waals surface area (Å²) in [6.45, 7) is 4.00. The van der Waals surface area contributed by atoms with Gasteiger partial charge in [0.15, 0.2) is 0 Å². The minimum absolute atomic E-state index is 0. The summed E-state index contributed by atoms with van der Waals surface area (Å²) in [6, 6.07) is 8.91. The number of hydrogen-bond donors (Lipinski definition) is 1. The Morgan fingerprint density at radius 2 is 1.96 bits per heavy atom. The Labute approximate surface area is 158 Å². The molecular formula is C18H30Cl2N2O2. The number of nitrogens with zero attached hydrogens (tertiary/aromatic N) is 1. The SMILES string of the molecule is COc1ccccc1CN(C)C1CCOC2(CCNCC2)C1.Cl.Cl. The van der Waals surface area contributed by atoms with Crippen LogP contribution in [-0.4, -0.2) is 50.4 Å². The number of piperidine rings is 1. The zero-order chi connectivity index (χ0) is 15.4. The average molecular weight is 377 g/mol. The fourth-order valence-corrected chi connectivity index (χ4v) is 3.84. The third kappa shape index (κ3) is 4.99. The number of para-hydroxylation sites is 1. The fraction of sp³-hybridized carbons (Fsp3) is 0.667. The van der Waals surface area contributed by atoms with E-state index in [-0.39, 0.29) is 30.4 Å². The van der Waals surface area contributed by atoms with Gasteiger partial charge in [0.1, 0.15) is 5.75 Å². The molecule has 2 aliphatic heterocycles. The van der Waals surface area contributed by atoms with Crippen LogP contribution in [-0.2, 0) is 11.3 Å². The minimum Gasteiger partial charge on any atom is -0.496 e. The number of nitrogens with one attached hydrogen (secondary N) is 1. The molecule has 1 aromatic carbocycles. The topological polar surface area (TPSA) is 33.7 Å². The number of halogens is 2. The van der Waals surface area contributed by atoms with Gasteiger partial charge >= 0.3 is 0 Å².